The Balaban J connectivity index is 2.84. The maximum atomic E-state index is 11.4. The van der Waals surface area contributed by atoms with Gasteiger partial charge in [0.05, 0.1) is 12.9 Å². The van der Waals surface area contributed by atoms with Gasteiger partial charge in [0.2, 0.25) is 5.91 Å². The van der Waals surface area contributed by atoms with E-state index < -0.39 is 0 Å². The molecule has 0 radical (unpaired) electrons. The number of hydrogen-bond acceptors (Lipinski definition) is 4. The molecule has 0 spiro atoms. The summed E-state index contributed by atoms with van der Waals surface area (Å²) in [7, 11) is 1.57. The lowest BCUT2D eigenvalue weighted by molar-refractivity contribution is -0.118. The fourth-order valence-electron chi connectivity index (χ4n) is 1.36. The topological polar surface area (TPSA) is 88.2 Å². The van der Waals surface area contributed by atoms with Gasteiger partial charge in [0.15, 0.2) is 0 Å². The van der Waals surface area contributed by atoms with Crippen molar-refractivity contribution in [3.05, 3.63) is 23.8 Å². The zero-order valence-corrected chi connectivity index (χ0v) is 11.3. The van der Waals surface area contributed by atoms with E-state index in [-0.39, 0.29) is 11.7 Å². The van der Waals surface area contributed by atoms with Gasteiger partial charge in [-0.3, -0.25) is 10.2 Å². The molecule has 1 aromatic rings. The molecule has 0 aliphatic carbocycles. The summed E-state index contributed by atoms with van der Waals surface area (Å²) in [5, 5.41) is 10.2. The number of benzene rings is 1. The van der Waals surface area contributed by atoms with Crippen LogP contribution in [0.5, 0.6) is 5.75 Å². The van der Waals surface area contributed by atoms with Gasteiger partial charge in [-0.1, -0.05) is 0 Å². The largest absolute Gasteiger partial charge is 0.497 e. The summed E-state index contributed by atoms with van der Waals surface area (Å²) in [5.74, 6) is 0.913. The number of nitrogens with two attached hydrogens (primary N) is 1. The molecule has 0 saturated carbocycles. The van der Waals surface area contributed by atoms with E-state index in [1.807, 2.05) is 6.92 Å². The van der Waals surface area contributed by atoms with Gasteiger partial charge >= 0.3 is 0 Å². The third-order valence-electron chi connectivity index (χ3n) is 2.21. The highest BCUT2D eigenvalue weighted by molar-refractivity contribution is 8.00. The molecule has 18 heavy (non-hydrogen) atoms. The molecule has 0 aromatic heterocycles. The molecular weight excluding hydrogens is 250 g/mol. The number of hydrogen-bond donors (Lipinski definition) is 3. The molecule has 0 aliphatic heterocycles. The number of nitrogen functional groups attached to an aromatic ring is 1. The van der Waals surface area contributed by atoms with Crippen LogP contribution in [-0.2, 0) is 4.79 Å². The maximum absolute atomic E-state index is 11.4. The van der Waals surface area contributed by atoms with Gasteiger partial charge in [0.1, 0.15) is 11.6 Å². The van der Waals surface area contributed by atoms with Gasteiger partial charge in [-0.2, -0.15) is 0 Å². The number of amides is 1. The van der Waals surface area contributed by atoms with E-state index in [0.717, 1.165) is 4.90 Å². The second-order valence-electron chi connectivity index (χ2n) is 3.52. The molecule has 0 bridgehead atoms. The highest BCUT2D eigenvalue weighted by Crippen LogP contribution is 2.27. The molecule has 0 saturated heterocycles. The van der Waals surface area contributed by atoms with E-state index in [1.165, 1.54) is 11.8 Å². The van der Waals surface area contributed by atoms with E-state index in [0.29, 0.717) is 23.6 Å². The Morgan fingerprint density at radius 1 is 1.56 bits per heavy atom. The third-order valence-corrected chi connectivity index (χ3v) is 3.27. The molecule has 0 atom stereocenters. The summed E-state index contributed by atoms with van der Waals surface area (Å²) in [5.41, 5.74) is 6.12. The third kappa shape index (κ3) is 3.96. The van der Waals surface area contributed by atoms with Crippen molar-refractivity contribution in [1.29, 1.82) is 5.41 Å². The van der Waals surface area contributed by atoms with Crippen molar-refractivity contribution in [2.75, 3.05) is 19.4 Å². The molecular formula is C12H17N3O2S. The van der Waals surface area contributed by atoms with Crippen LogP contribution in [0.2, 0.25) is 0 Å². The van der Waals surface area contributed by atoms with Crippen molar-refractivity contribution >= 4 is 23.5 Å². The van der Waals surface area contributed by atoms with Crippen LogP contribution in [0.4, 0.5) is 0 Å². The minimum atomic E-state index is -0.0418. The Kier molecular flexibility index (Phi) is 5.51. The number of carbonyl (C=O) groups is 1. The Hall–Kier alpha value is -1.69. The zero-order valence-electron chi connectivity index (χ0n) is 10.4. The van der Waals surface area contributed by atoms with Crippen LogP contribution in [-0.4, -0.2) is 31.2 Å². The number of thioether (sulfide) groups is 1. The number of ether oxygens (including phenoxy) is 1. The summed E-state index contributed by atoms with van der Waals surface area (Å²) in [4.78, 5) is 12.2. The van der Waals surface area contributed by atoms with Gasteiger partial charge < -0.3 is 15.8 Å². The summed E-state index contributed by atoms with van der Waals surface area (Å²) in [6.07, 6.45) is 0. The van der Waals surface area contributed by atoms with Gasteiger partial charge in [0.25, 0.3) is 0 Å². The second-order valence-corrected chi connectivity index (χ2v) is 4.54. The maximum Gasteiger partial charge on any atom is 0.230 e. The van der Waals surface area contributed by atoms with Crippen LogP contribution in [0.1, 0.15) is 12.5 Å². The summed E-state index contributed by atoms with van der Waals surface area (Å²) in [6, 6.07) is 5.24. The lowest BCUT2D eigenvalue weighted by atomic mass is 10.2. The van der Waals surface area contributed by atoms with Gasteiger partial charge in [-0.25, -0.2) is 0 Å². The molecule has 0 unspecified atom stereocenters. The molecule has 4 N–H and O–H groups in total. The van der Waals surface area contributed by atoms with Crippen LogP contribution in [0, 0.1) is 5.41 Å². The SMILES string of the molecule is CCNC(=O)CSc1cc(OC)ccc1C(=N)N. The first-order valence-corrected chi connectivity index (χ1v) is 6.49. The van der Waals surface area contributed by atoms with Crippen LogP contribution in [0.3, 0.4) is 0 Å². The van der Waals surface area contributed by atoms with Crippen LogP contribution >= 0.6 is 11.8 Å². The van der Waals surface area contributed by atoms with Crippen molar-refractivity contribution in [2.24, 2.45) is 5.73 Å². The Labute approximate surface area is 111 Å². The lowest BCUT2D eigenvalue weighted by Crippen LogP contribution is -2.24. The van der Waals surface area contributed by atoms with Crippen LogP contribution < -0.4 is 15.8 Å². The number of carbonyl (C=O) groups excluding carboxylic acids is 1. The fourth-order valence-corrected chi connectivity index (χ4v) is 2.28. The fraction of sp³-hybridized carbons (Fsp3) is 0.333. The summed E-state index contributed by atoms with van der Waals surface area (Å²) >= 11 is 1.34. The number of rotatable bonds is 6. The molecule has 98 valence electrons. The van der Waals surface area contributed by atoms with E-state index in [4.69, 9.17) is 15.9 Å². The molecule has 1 amide bonds. The van der Waals surface area contributed by atoms with Crippen LogP contribution in [0.25, 0.3) is 0 Å². The smallest absolute Gasteiger partial charge is 0.230 e. The zero-order chi connectivity index (χ0) is 13.5. The minimum absolute atomic E-state index is 0.0175. The van der Waals surface area contributed by atoms with Gasteiger partial charge in [0, 0.05) is 17.0 Å². The predicted molar refractivity (Wildman–Crippen MR) is 73.4 cm³/mol. The van der Waals surface area contributed by atoms with Crippen molar-refractivity contribution in [2.45, 2.75) is 11.8 Å². The summed E-state index contributed by atoms with van der Waals surface area (Å²) in [6.45, 7) is 2.48. The van der Waals surface area contributed by atoms with Crippen molar-refractivity contribution < 1.29 is 9.53 Å². The predicted octanol–water partition coefficient (Wildman–Crippen LogP) is 1.21. The van der Waals surface area contributed by atoms with E-state index in [9.17, 15) is 4.79 Å². The highest BCUT2D eigenvalue weighted by Gasteiger charge is 2.09. The molecule has 1 aromatic carbocycles. The first kappa shape index (κ1) is 14.4. The normalized spacial score (nSPS) is 9.89. The quantitative estimate of drug-likeness (QED) is 0.410. The van der Waals surface area contributed by atoms with Crippen LogP contribution in [0.15, 0.2) is 23.1 Å². The lowest BCUT2D eigenvalue weighted by Gasteiger charge is -2.10. The van der Waals surface area contributed by atoms with Crippen molar-refractivity contribution in [1.82, 2.24) is 5.32 Å². The summed E-state index contributed by atoms with van der Waals surface area (Å²) < 4.78 is 5.12. The second kappa shape index (κ2) is 6.90. The molecule has 0 fully saturated rings. The van der Waals surface area contributed by atoms with E-state index >= 15 is 0 Å². The van der Waals surface area contributed by atoms with Crippen molar-refractivity contribution in [3.63, 3.8) is 0 Å². The average molecular weight is 267 g/mol. The molecule has 5 nitrogen and oxygen atoms in total. The first-order chi connectivity index (χ1) is 8.58. The Morgan fingerprint density at radius 3 is 2.83 bits per heavy atom. The number of amidine groups is 1. The molecule has 0 aliphatic rings. The molecule has 6 heteroatoms. The molecule has 1 rings (SSSR count). The average Bonchev–Trinajstić information content (AvgIpc) is 2.36. The number of methoxy groups -OCH3 is 1. The minimum Gasteiger partial charge on any atom is -0.497 e. The highest BCUT2D eigenvalue weighted by atomic mass is 32.2. The Morgan fingerprint density at radius 2 is 2.28 bits per heavy atom. The van der Waals surface area contributed by atoms with E-state index in [2.05, 4.69) is 5.32 Å². The Bertz CT molecular complexity index is 449. The van der Waals surface area contributed by atoms with Crippen molar-refractivity contribution in [3.8, 4) is 5.75 Å². The van der Waals surface area contributed by atoms with E-state index in [1.54, 1.807) is 25.3 Å². The first-order valence-electron chi connectivity index (χ1n) is 5.50. The van der Waals surface area contributed by atoms with Gasteiger partial charge in [-0.15, -0.1) is 11.8 Å². The molecule has 0 heterocycles. The monoisotopic (exact) mass is 267 g/mol. The standard InChI is InChI=1S/C12H17N3O2S/c1-3-15-11(16)7-18-10-6-8(17-2)4-5-9(10)12(13)14/h4-6H,3,7H2,1-2H3,(H3,13,14)(H,15,16). The van der Waals surface area contributed by atoms with Gasteiger partial charge in [-0.05, 0) is 25.1 Å². The number of nitrogens with one attached hydrogen (secondary N) is 2.